The van der Waals surface area contributed by atoms with Gasteiger partial charge in [0.2, 0.25) is 0 Å². The largest absolute Gasteiger partial charge is 0.487 e. The van der Waals surface area contributed by atoms with Crippen LogP contribution in [0.4, 0.5) is 0 Å². The monoisotopic (exact) mass is 422 g/mol. The highest BCUT2D eigenvalue weighted by molar-refractivity contribution is 7.80. The molecular formula is C23H22N2O4S. The maximum absolute atomic E-state index is 13.4. The van der Waals surface area contributed by atoms with Crippen molar-refractivity contribution < 1.29 is 19.1 Å². The third-order valence-electron chi connectivity index (χ3n) is 5.15. The summed E-state index contributed by atoms with van der Waals surface area (Å²) in [4.78, 5) is 26.5. The zero-order chi connectivity index (χ0) is 21.7. The van der Waals surface area contributed by atoms with E-state index in [0.717, 1.165) is 5.56 Å². The average Bonchev–Trinajstić information content (AvgIpc) is 3.19. The van der Waals surface area contributed by atoms with Gasteiger partial charge >= 0.3 is 5.97 Å². The number of amides is 1. The molecule has 1 amide bonds. The van der Waals surface area contributed by atoms with Crippen LogP contribution >= 0.6 is 12.2 Å². The van der Waals surface area contributed by atoms with E-state index in [9.17, 15) is 9.59 Å². The molecule has 0 radical (unpaired) electrons. The minimum absolute atomic E-state index is 0.152. The van der Waals surface area contributed by atoms with E-state index in [1.54, 1.807) is 43.3 Å². The molecule has 2 aromatic carbocycles. The molecule has 0 aromatic heterocycles. The minimum Gasteiger partial charge on any atom is -0.487 e. The van der Waals surface area contributed by atoms with Crippen molar-refractivity contribution in [1.29, 1.82) is 5.26 Å². The van der Waals surface area contributed by atoms with Gasteiger partial charge in [0.25, 0.3) is 5.91 Å². The Morgan fingerprint density at radius 3 is 2.43 bits per heavy atom. The summed E-state index contributed by atoms with van der Waals surface area (Å²) in [5.74, 6) is -1.62. The molecule has 1 saturated heterocycles. The molecule has 154 valence electrons. The standard InChI is InChI=1S/C23H22N2O4S/c1-3-28-22(27)23(19-12-13-29-21(19)30,18-10-4-15(2)5-11-18)25-20(26)17-8-6-16(14-24)7-9-17/h4-11,19H,3,12-13H2,1-2H3,(H,25,26). The molecule has 2 aromatic rings. The number of esters is 1. The Morgan fingerprint density at radius 1 is 1.23 bits per heavy atom. The molecule has 0 saturated carbocycles. The van der Waals surface area contributed by atoms with Gasteiger partial charge in [-0.15, -0.1) is 0 Å². The molecule has 2 unspecified atom stereocenters. The van der Waals surface area contributed by atoms with Gasteiger partial charge < -0.3 is 14.8 Å². The SMILES string of the molecule is CCOC(=O)C(NC(=O)c1ccc(C#N)cc1)(c1ccc(C)cc1)C1CCOC1=S. The van der Waals surface area contributed by atoms with E-state index in [1.165, 1.54) is 0 Å². The summed E-state index contributed by atoms with van der Waals surface area (Å²) in [5, 5.41) is 12.2. The van der Waals surface area contributed by atoms with Crippen molar-refractivity contribution in [1.82, 2.24) is 5.32 Å². The highest BCUT2D eigenvalue weighted by Gasteiger charge is 2.54. The van der Waals surface area contributed by atoms with Gasteiger partial charge in [-0.3, -0.25) is 4.79 Å². The molecule has 0 spiro atoms. The molecule has 1 aliphatic rings. The van der Waals surface area contributed by atoms with Crippen molar-refractivity contribution in [2.45, 2.75) is 25.8 Å². The topological polar surface area (TPSA) is 88.4 Å². The molecular weight excluding hydrogens is 400 g/mol. The van der Waals surface area contributed by atoms with Crippen molar-refractivity contribution in [3.05, 3.63) is 70.8 Å². The third kappa shape index (κ3) is 4.05. The smallest absolute Gasteiger partial charge is 0.337 e. The normalized spacial score (nSPS) is 17.4. The molecule has 0 bridgehead atoms. The lowest BCUT2D eigenvalue weighted by Gasteiger charge is -2.37. The van der Waals surface area contributed by atoms with Crippen LogP contribution < -0.4 is 5.32 Å². The predicted molar refractivity (Wildman–Crippen MR) is 115 cm³/mol. The number of nitriles is 1. The van der Waals surface area contributed by atoms with Crippen LogP contribution in [-0.2, 0) is 19.8 Å². The van der Waals surface area contributed by atoms with Gasteiger partial charge in [-0.1, -0.05) is 29.8 Å². The van der Waals surface area contributed by atoms with Crippen LogP contribution in [0.15, 0.2) is 48.5 Å². The summed E-state index contributed by atoms with van der Waals surface area (Å²) in [6.45, 7) is 4.17. The summed E-state index contributed by atoms with van der Waals surface area (Å²) < 4.78 is 10.9. The minimum atomic E-state index is -1.53. The predicted octanol–water partition coefficient (Wildman–Crippen LogP) is 3.42. The molecule has 6 nitrogen and oxygen atoms in total. The molecule has 3 rings (SSSR count). The number of hydrogen-bond donors (Lipinski definition) is 1. The Bertz CT molecular complexity index is 995. The van der Waals surface area contributed by atoms with E-state index in [0.29, 0.717) is 29.7 Å². The first kappa shape index (κ1) is 21.5. The van der Waals surface area contributed by atoms with Crippen LogP contribution in [0, 0.1) is 24.2 Å². The van der Waals surface area contributed by atoms with Gasteiger partial charge in [-0.2, -0.15) is 5.26 Å². The number of benzene rings is 2. The number of ether oxygens (including phenoxy) is 2. The summed E-state index contributed by atoms with van der Waals surface area (Å²) >= 11 is 5.40. The van der Waals surface area contributed by atoms with Crippen molar-refractivity contribution in [2.24, 2.45) is 5.92 Å². The summed E-state index contributed by atoms with van der Waals surface area (Å²) in [7, 11) is 0. The van der Waals surface area contributed by atoms with Gasteiger partial charge in [0.15, 0.2) is 10.6 Å². The number of carbonyl (C=O) groups excluding carboxylic acids is 2. The molecule has 0 aliphatic carbocycles. The van der Waals surface area contributed by atoms with Gasteiger partial charge in [0, 0.05) is 5.56 Å². The first-order valence-electron chi connectivity index (χ1n) is 9.66. The first-order chi connectivity index (χ1) is 14.4. The van der Waals surface area contributed by atoms with Crippen LogP contribution in [0.2, 0.25) is 0 Å². The summed E-state index contributed by atoms with van der Waals surface area (Å²) in [6, 6.07) is 15.5. The second-order valence-electron chi connectivity index (χ2n) is 7.05. The lowest BCUT2D eigenvalue weighted by Crippen LogP contribution is -2.58. The van der Waals surface area contributed by atoms with Crippen LogP contribution in [0.1, 0.15) is 40.4 Å². The maximum atomic E-state index is 13.4. The van der Waals surface area contributed by atoms with Crippen molar-refractivity contribution >= 4 is 29.1 Å². The van der Waals surface area contributed by atoms with Crippen LogP contribution in [0.5, 0.6) is 0 Å². The number of hydrogen-bond acceptors (Lipinski definition) is 6. The Balaban J connectivity index is 2.11. The fourth-order valence-corrected chi connectivity index (χ4v) is 3.95. The Kier molecular flexibility index (Phi) is 6.48. The van der Waals surface area contributed by atoms with E-state index in [2.05, 4.69) is 5.32 Å². The number of carbonyl (C=O) groups is 2. The lowest BCUT2D eigenvalue weighted by atomic mass is 9.76. The van der Waals surface area contributed by atoms with Gasteiger partial charge in [0.05, 0.1) is 30.8 Å². The second kappa shape index (κ2) is 9.06. The van der Waals surface area contributed by atoms with E-state index < -0.39 is 23.3 Å². The summed E-state index contributed by atoms with van der Waals surface area (Å²) in [6.07, 6.45) is 0.471. The van der Waals surface area contributed by atoms with Crippen LogP contribution in [0.3, 0.4) is 0 Å². The third-order valence-corrected chi connectivity index (χ3v) is 5.55. The number of nitrogens with zero attached hydrogens (tertiary/aromatic N) is 1. The fraction of sp³-hybridized carbons (Fsp3) is 0.304. The highest BCUT2D eigenvalue weighted by Crippen LogP contribution is 2.38. The zero-order valence-electron chi connectivity index (χ0n) is 16.8. The van der Waals surface area contributed by atoms with Gasteiger partial charge in [-0.05, 0) is 62.3 Å². The second-order valence-corrected chi connectivity index (χ2v) is 7.45. The van der Waals surface area contributed by atoms with Crippen molar-refractivity contribution in [3.63, 3.8) is 0 Å². The van der Waals surface area contributed by atoms with E-state index in [1.807, 2.05) is 25.1 Å². The summed E-state index contributed by atoms with van der Waals surface area (Å²) in [5.41, 5.74) is 0.820. The fourth-order valence-electron chi connectivity index (χ4n) is 3.57. The Hall–Kier alpha value is -3.24. The van der Waals surface area contributed by atoms with Gasteiger partial charge in [0.1, 0.15) is 0 Å². The van der Waals surface area contributed by atoms with E-state index in [-0.39, 0.29) is 11.7 Å². The maximum Gasteiger partial charge on any atom is 0.337 e. The van der Waals surface area contributed by atoms with Crippen molar-refractivity contribution in [3.8, 4) is 6.07 Å². The molecule has 1 N–H and O–H groups in total. The average molecular weight is 423 g/mol. The molecule has 7 heteroatoms. The van der Waals surface area contributed by atoms with Crippen molar-refractivity contribution in [2.75, 3.05) is 13.2 Å². The molecule has 1 heterocycles. The molecule has 30 heavy (non-hydrogen) atoms. The van der Waals surface area contributed by atoms with Crippen LogP contribution in [0.25, 0.3) is 0 Å². The molecule has 1 aliphatic heterocycles. The first-order valence-corrected chi connectivity index (χ1v) is 10.1. The Morgan fingerprint density at radius 2 is 1.90 bits per heavy atom. The molecule has 2 atom stereocenters. The number of rotatable bonds is 6. The Labute approximate surface area is 180 Å². The zero-order valence-corrected chi connectivity index (χ0v) is 17.6. The number of thiocarbonyl (C=S) groups is 1. The van der Waals surface area contributed by atoms with E-state index >= 15 is 0 Å². The quantitative estimate of drug-likeness (QED) is 0.567. The van der Waals surface area contributed by atoms with Crippen LogP contribution in [-0.4, -0.2) is 30.1 Å². The molecule has 1 fully saturated rings. The lowest BCUT2D eigenvalue weighted by molar-refractivity contribution is -0.153. The number of aryl methyl sites for hydroxylation is 1. The van der Waals surface area contributed by atoms with E-state index in [4.69, 9.17) is 27.0 Å². The van der Waals surface area contributed by atoms with Gasteiger partial charge in [-0.25, -0.2) is 4.79 Å². The number of nitrogens with one attached hydrogen (secondary N) is 1. The highest BCUT2D eigenvalue weighted by atomic mass is 32.1.